The summed E-state index contributed by atoms with van der Waals surface area (Å²) in [4.78, 5) is 20.2. The number of nitrogens with two attached hydrogens (primary N) is 1. The summed E-state index contributed by atoms with van der Waals surface area (Å²) < 4.78 is 4.95. The average Bonchev–Trinajstić information content (AvgIpc) is 2.97. The Bertz CT molecular complexity index is 814. The third kappa shape index (κ3) is 2.71. The summed E-state index contributed by atoms with van der Waals surface area (Å²) in [5, 5.41) is 3.19. The van der Waals surface area contributed by atoms with E-state index in [1.165, 1.54) is 11.3 Å². The number of esters is 1. The second kappa shape index (κ2) is 5.49. The van der Waals surface area contributed by atoms with Crippen LogP contribution in [0.2, 0.25) is 0 Å². The molecule has 0 aliphatic carbocycles. The van der Waals surface area contributed by atoms with Gasteiger partial charge in [0.15, 0.2) is 0 Å². The van der Waals surface area contributed by atoms with Crippen molar-refractivity contribution in [3.8, 4) is 11.3 Å². The van der Waals surface area contributed by atoms with Gasteiger partial charge in [0.25, 0.3) is 0 Å². The maximum Gasteiger partial charge on any atom is 0.367 e. The summed E-state index contributed by atoms with van der Waals surface area (Å²) in [6.45, 7) is 2.12. The quantitative estimate of drug-likeness (QED) is 0.752. The van der Waals surface area contributed by atoms with Gasteiger partial charge >= 0.3 is 5.97 Å². The number of carbonyl (C=O) groups excluding carboxylic acids is 1. The van der Waals surface area contributed by atoms with Crippen LogP contribution in [0.25, 0.3) is 22.2 Å². The molecule has 3 aromatic rings. The van der Waals surface area contributed by atoms with Crippen molar-refractivity contribution in [1.82, 2.24) is 9.97 Å². The Morgan fingerprint density at radius 2 is 2.14 bits per heavy atom. The lowest BCUT2D eigenvalue weighted by molar-refractivity contribution is 0.0526. The Labute approximate surface area is 125 Å². The number of nitrogens with zero attached hydrogens (tertiary/aromatic N) is 2. The molecule has 0 saturated carbocycles. The fourth-order valence-corrected chi connectivity index (χ4v) is 2.71. The smallest absolute Gasteiger partial charge is 0.367 e. The van der Waals surface area contributed by atoms with Gasteiger partial charge in [0, 0.05) is 16.3 Å². The SMILES string of the molecule is CCOC(=O)c1nc(-c2ccc3nc(N)ccc3c2)cs1. The molecular weight excluding hydrogens is 286 g/mol. The van der Waals surface area contributed by atoms with Crippen LogP contribution < -0.4 is 5.73 Å². The maximum absolute atomic E-state index is 11.6. The zero-order valence-corrected chi connectivity index (χ0v) is 12.2. The fourth-order valence-electron chi connectivity index (χ4n) is 1.99. The van der Waals surface area contributed by atoms with E-state index in [0.717, 1.165) is 22.2 Å². The molecule has 0 bridgehead atoms. The van der Waals surface area contributed by atoms with Gasteiger partial charge in [-0.3, -0.25) is 0 Å². The number of pyridine rings is 1. The molecule has 0 unspecified atom stereocenters. The number of rotatable bonds is 3. The van der Waals surface area contributed by atoms with Crippen molar-refractivity contribution < 1.29 is 9.53 Å². The van der Waals surface area contributed by atoms with Crippen LogP contribution in [0, 0.1) is 0 Å². The maximum atomic E-state index is 11.6. The van der Waals surface area contributed by atoms with Crippen LogP contribution in [0.5, 0.6) is 0 Å². The van der Waals surface area contributed by atoms with Crippen LogP contribution in [-0.4, -0.2) is 22.5 Å². The van der Waals surface area contributed by atoms with Gasteiger partial charge in [-0.05, 0) is 31.2 Å². The first-order chi connectivity index (χ1) is 10.2. The largest absolute Gasteiger partial charge is 0.461 e. The number of ether oxygens (including phenoxy) is 1. The highest BCUT2D eigenvalue weighted by Crippen LogP contribution is 2.26. The van der Waals surface area contributed by atoms with E-state index in [-0.39, 0.29) is 5.97 Å². The Kier molecular flexibility index (Phi) is 3.53. The molecule has 6 heteroatoms. The Morgan fingerprint density at radius 1 is 1.29 bits per heavy atom. The summed E-state index contributed by atoms with van der Waals surface area (Å²) in [6.07, 6.45) is 0. The molecule has 2 aromatic heterocycles. The highest BCUT2D eigenvalue weighted by molar-refractivity contribution is 7.11. The molecule has 5 nitrogen and oxygen atoms in total. The molecule has 0 aliphatic rings. The van der Waals surface area contributed by atoms with Gasteiger partial charge < -0.3 is 10.5 Å². The van der Waals surface area contributed by atoms with Crippen LogP contribution in [0.15, 0.2) is 35.7 Å². The lowest BCUT2D eigenvalue weighted by Crippen LogP contribution is -2.03. The number of hydrogen-bond donors (Lipinski definition) is 1. The monoisotopic (exact) mass is 299 g/mol. The van der Waals surface area contributed by atoms with Crippen molar-refractivity contribution >= 4 is 34.0 Å². The van der Waals surface area contributed by atoms with E-state index >= 15 is 0 Å². The van der Waals surface area contributed by atoms with Crippen LogP contribution in [0.3, 0.4) is 0 Å². The molecule has 0 spiro atoms. The van der Waals surface area contributed by atoms with E-state index in [4.69, 9.17) is 10.5 Å². The highest BCUT2D eigenvalue weighted by atomic mass is 32.1. The van der Waals surface area contributed by atoms with Gasteiger partial charge in [-0.25, -0.2) is 14.8 Å². The predicted molar refractivity (Wildman–Crippen MR) is 83.2 cm³/mol. The van der Waals surface area contributed by atoms with E-state index in [9.17, 15) is 4.79 Å². The number of nitrogen functional groups attached to an aromatic ring is 1. The lowest BCUT2D eigenvalue weighted by atomic mass is 10.1. The number of hydrogen-bond acceptors (Lipinski definition) is 6. The first-order valence-corrected chi connectivity index (χ1v) is 7.34. The molecule has 3 rings (SSSR count). The highest BCUT2D eigenvalue weighted by Gasteiger charge is 2.13. The molecule has 2 N–H and O–H groups in total. The first kappa shape index (κ1) is 13.5. The van der Waals surface area contributed by atoms with Crippen molar-refractivity contribution in [2.75, 3.05) is 12.3 Å². The van der Waals surface area contributed by atoms with Gasteiger partial charge in [-0.15, -0.1) is 11.3 Å². The summed E-state index contributed by atoms with van der Waals surface area (Å²) in [5.41, 5.74) is 8.18. The standard InChI is InChI=1S/C15H13N3O2S/c1-2-20-15(19)14-18-12(8-21-14)10-3-5-11-9(7-10)4-6-13(16)17-11/h3-8H,2H2,1H3,(H2,16,17). The summed E-state index contributed by atoms with van der Waals surface area (Å²) in [7, 11) is 0. The normalized spacial score (nSPS) is 10.7. The number of benzene rings is 1. The molecule has 2 heterocycles. The van der Waals surface area contributed by atoms with Crippen molar-refractivity contribution in [3.05, 3.63) is 40.7 Å². The van der Waals surface area contributed by atoms with Crippen LogP contribution >= 0.6 is 11.3 Å². The van der Waals surface area contributed by atoms with E-state index in [1.807, 2.05) is 29.6 Å². The van der Waals surface area contributed by atoms with Gasteiger partial charge in [-0.1, -0.05) is 6.07 Å². The van der Waals surface area contributed by atoms with E-state index in [2.05, 4.69) is 9.97 Å². The lowest BCUT2D eigenvalue weighted by Gasteiger charge is -2.01. The number of thiazole rings is 1. The van der Waals surface area contributed by atoms with Crippen molar-refractivity contribution in [1.29, 1.82) is 0 Å². The number of fused-ring (bicyclic) bond motifs is 1. The van der Waals surface area contributed by atoms with Gasteiger partial charge in [0.05, 0.1) is 17.8 Å². The predicted octanol–water partition coefficient (Wildman–Crippen LogP) is 3.12. The minimum absolute atomic E-state index is 0.344. The minimum atomic E-state index is -0.385. The van der Waals surface area contributed by atoms with E-state index in [1.54, 1.807) is 13.0 Å². The molecule has 0 fully saturated rings. The van der Waals surface area contributed by atoms with Crippen molar-refractivity contribution in [3.63, 3.8) is 0 Å². The molecule has 0 saturated heterocycles. The zero-order chi connectivity index (χ0) is 14.8. The topological polar surface area (TPSA) is 78.1 Å². The second-order valence-corrected chi connectivity index (χ2v) is 5.26. The Morgan fingerprint density at radius 3 is 2.95 bits per heavy atom. The van der Waals surface area contributed by atoms with Gasteiger partial charge in [-0.2, -0.15) is 0 Å². The molecule has 0 atom stereocenters. The molecule has 0 radical (unpaired) electrons. The molecule has 0 amide bonds. The molecule has 1 aromatic carbocycles. The zero-order valence-electron chi connectivity index (χ0n) is 11.4. The van der Waals surface area contributed by atoms with Gasteiger partial charge in [0.1, 0.15) is 5.82 Å². The van der Waals surface area contributed by atoms with Crippen LogP contribution in [0.4, 0.5) is 5.82 Å². The van der Waals surface area contributed by atoms with E-state index in [0.29, 0.717) is 17.4 Å². The average molecular weight is 299 g/mol. The van der Waals surface area contributed by atoms with Gasteiger partial charge in [0.2, 0.25) is 5.01 Å². The molecule has 106 valence electrons. The van der Waals surface area contributed by atoms with E-state index < -0.39 is 0 Å². The number of carbonyl (C=O) groups is 1. The van der Waals surface area contributed by atoms with Crippen molar-refractivity contribution in [2.24, 2.45) is 0 Å². The van der Waals surface area contributed by atoms with Crippen LogP contribution in [-0.2, 0) is 4.74 Å². The number of anilines is 1. The molecule has 21 heavy (non-hydrogen) atoms. The Hall–Kier alpha value is -2.47. The summed E-state index contributed by atoms with van der Waals surface area (Å²) in [6, 6.07) is 9.46. The van der Waals surface area contributed by atoms with Crippen LogP contribution in [0.1, 0.15) is 16.7 Å². The third-order valence-corrected chi connectivity index (χ3v) is 3.78. The second-order valence-electron chi connectivity index (χ2n) is 4.40. The molecule has 0 aliphatic heterocycles. The fraction of sp³-hybridized carbons (Fsp3) is 0.133. The third-order valence-electron chi connectivity index (χ3n) is 2.96. The summed E-state index contributed by atoms with van der Waals surface area (Å²) >= 11 is 1.28. The first-order valence-electron chi connectivity index (χ1n) is 6.46. The summed E-state index contributed by atoms with van der Waals surface area (Å²) in [5.74, 6) is 0.109. The Balaban J connectivity index is 1.97. The number of aromatic nitrogens is 2. The van der Waals surface area contributed by atoms with Crippen molar-refractivity contribution in [2.45, 2.75) is 6.92 Å². The molecular formula is C15H13N3O2S. The minimum Gasteiger partial charge on any atom is -0.461 e.